The highest BCUT2D eigenvalue weighted by atomic mass is 35.5. The molecule has 2 N–H and O–H groups in total. The van der Waals surface area contributed by atoms with Crippen molar-refractivity contribution in [3.05, 3.63) is 35.8 Å². The molecule has 0 aromatic carbocycles. The molecule has 17 heavy (non-hydrogen) atoms. The molecule has 0 radical (unpaired) electrons. The van der Waals surface area contributed by atoms with Gasteiger partial charge in [0.25, 0.3) is 0 Å². The topological polar surface area (TPSA) is 56.7 Å². The summed E-state index contributed by atoms with van der Waals surface area (Å²) in [5.41, 5.74) is 8.84. The van der Waals surface area contributed by atoms with Crippen LogP contribution in [0.25, 0.3) is 5.82 Å². The standard InChI is InChI=1S/C12H16N4.ClH/c1-3-4-11-10(13)8-15-16(11)12-7-9(2)5-6-14-12;/h5-8H,3-4,13H2,1-2H3;1H. The number of anilines is 1. The highest BCUT2D eigenvalue weighted by Crippen LogP contribution is 2.17. The van der Waals surface area contributed by atoms with Crippen molar-refractivity contribution >= 4 is 18.1 Å². The molecule has 5 heteroatoms. The van der Waals surface area contributed by atoms with Crippen LogP contribution in [0.3, 0.4) is 0 Å². The van der Waals surface area contributed by atoms with E-state index in [2.05, 4.69) is 17.0 Å². The van der Waals surface area contributed by atoms with Crippen molar-refractivity contribution in [3.63, 3.8) is 0 Å². The van der Waals surface area contributed by atoms with Crippen LogP contribution in [0.4, 0.5) is 5.69 Å². The molecule has 2 heterocycles. The van der Waals surface area contributed by atoms with Gasteiger partial charge in [0.15, 0.2) is 5.82 Å². The van der Waals surface area contributed by atoms with Gasteiger partial charge in [-0.05, 0) is 31.0 Å². The lowest BCUT2D eigenvalue weighted by molar-refractivity contribution is 0.758. The Balaban J connectivity index is 0.00000144. The van der Waals surface area contributed by atoms with Crippen molar-refractivity contribution in [2.45, 2.75) is 26.7 Å². The average molecular weight is 253 g/mol. The molecule has 0 atom stereocenters. The molecule has 0 fully saturated rings. The summed E-state index contributed by atoms with van der Waals surface area (Å²) < 4.78 is 1.83. The average Bonchev–Trinajstić information content (AvgIpc) is 2.61. The van der Waals surface area contributed by atoms with Gasteiger partial charge in [-0.15, -0.1) is 12.4 Å². The second kappa shape index (κ2) is 5.68. The van der Waals surface area contributed by atoms with E-state index in [1.807, 2.05) is 23.7 Å². The molecule has 0 saturated heterocycles. The second-order valence-electron chi connectivity index (χ2n) is 3.90. The van der Waals surface area contributed by atoms with E-state index in [9.17, 15) is 0 Å². The lowest BCUT2D eigenvalue weighted by atomic mass is 10.2. The van der Waals surface area contributed by atoms with Crippen molar-refractivity contribution in [3.8, 4) is 5.82 Å². The van der Waals surface area contributed by atoms with Crippen molar-refractivity contribution in [1.29, 1.82) is 0 Å². The van der Waals surface area contributed by atoms with E-state index in [1.165, 1.54) is 5.56 Å². The molecule has 2 rings (SSSR count). The number of halogens is 1. The highest BCUT2D eigenvalue weighted by molar-refractivity contribution is 5.85. The second-order valence-corrected chi connectivity index (χ2v) is 3.90. The van der Waals surface area contributed by atoms with Crippen molar-refractivity contribution < 1.29 is 0 Å². The number of rotatable bonds is 3. The van der Waals surface area contributed by atoms with Gasteiger partial charge < -0.3 is 5.73 Å². The first kappa shape index (κ1) is 13.5. The molecule has 0 bridgehead atoms. The highest BCUT2D eigenvalue weighted by Gasteiger charge is 2.09. The quantitative estimate of drug-likeness (QED) is 0.913. The number of pyridine rings is 1. The van der Waals surface area contributed by atoms with Gasteiger partial charge in [0.1, 0.15) is 0 Å². The first-order valence-electron chi connectivity index (χ1n) is 5.47. The van der Waals surface area contributed by atoms with E-state index < -0.39 is 0 Å². The van der Waals surface area contributed by atoms with Crippen LogP contribution in [-0.2, 0) is 6.42 Å². The zero-order chi connectivity index (χ0) is 11.5. The maximum absolute atomic E-state index is 5.89. The lowest BCUT2D eigenvalue weighted by Gasteiger charge is -2.06. The van der Waals surface area contributed by atoms with Crippen LogP contribution in [0.15, 0.2) is 24.5 Å². The Bertz CT molecular complexity index is 493. The summed E-state index contributed by atoms with van der Waals surface area (Å²) in [7, 11) is 0. The van der Waals surface area contributed by atoms with Crippen LogP contribution >= 0.6 is 12.4 Å². The van der Waals surface area contributed by atoms with E-state index in [0.717, 1.165) is 30.0 Å². The number of nitrogens with zero attached hydrogens (tertiary/aromatic N) is 3. The van der Waals surface area contributed by atoms with Crippen LogP contribution in [0, 0.1) is 6.92 Å². The molecule has 0 aliphatic carbocycles. The Morgan fingerprint density at radius 2 is 2.18 bits per heavy atom. The number of hydrogen-bond donors (Lipinski definition) is 1. The fourth-order valence-corrected chi connectivity index (χ4v) is 1.71. The van der Waals surface area contributed by atoms with Gasteiger partial charge in [-0.1, -0.05) is 13.3 Å². The Kier molecular flexibility index (Phi) is 4.52. The summed E-state index contributed by atoms with van der Waals surface area (Å²) in [6.07, 6.45) is 5.44. The molecular formula is C12H17ClN4. The van der Waals surface area contributed by atoms with Crippen LogP contribution in [0.2, 0.25) is 0 Å². The van der Waals surface area contributed by atoms with Gasteiger partial charge in [-0.25, -0.2) is 9.67 Å². The Hall–Kier alpha value is -1.55. The molecule has 2 aromatic rings. The SMILES string of the molecule is CCCc1c(N)cnn1-c1cc(C)ccn1.Cl. The fourth-order valence-electron chi connectivity index (χ4n) is 1.71. The minimum atomic E-state index is 0. The number of hydrogen-bond acceptors (Lipinski definition) is 3. The first-order chi connectivity index (χ1) is 7.72. The molecule has 2 aromatic heterocycles. The number of nitrogen functional groups attached to an aromatic ring is 1. The molecule has 92 valence electrons. The van der Waals surface area contributed by atoms with E-state index in [0.29, 0.717) is 0 Å². The zero-order valence-electron chi connectivity index (χ0n) is 10.1. The molecule has 0 saturated carbocycles. The maximum Gasteiger partial charge on any atom is 0.153 e. The Morgan fingerprint density at radius 3 is 2.82 bits per heavy atom. The Labute approximate surface area is 107 Å². The van der Waals surface area contributed by atoms with Crippen molar-refractivity contribution in [2.24, 2.45) is 0 Å². The van der Waals surface area contributed by atoms with Crippen molar-refractivity contribution in [2.75, 3.05) is 5.73 Å². The van der Waals surface area contributed by atoms with Gasteiger partial charge in [-0.2, -0.15) is 5.10 Å². The number of aryl methyl sites for hydroxylation is 1. The molecule has 0 aliphatic heterocycles. The minimum Gasteiger partial charge on any atom is -0.396 e. The van der Waals surface area contributed by atoms with E-state index >= 15 is 0 Å². The summed E-state index contributed by atoms with van der Waals surface area (Å²) in [5, 5.41) is 4.27. The van der Waals surface area contributed by atoms with E-state index in [-0.39, 0.29) is 12.4 Å². The van der Waals surface area contributed by atoms with E-state index in [4.69, 9.17) is 5.73 Å². The third-order valence-electron chi connectivity index (χ3n) is 2.51. The molecule has 0 spiro atoms. The fraction of sp³-hybridized carbons (Fsp3) is 0.333. The van der Waals surface area contributed by atoms with E-state index in [1.54, 1.807) is 12.4 Å². The van der Waals surface area contributed by atoms with Crippen LogP contribution in [0.5, 0.6) is 0 Å². The summed E-state index contributed by atoms with van der Waals surface area (Å²) >= 11 is 0. The predicted molar refractivity (Wildman–Crippen MR) is 71.8 cm³/mol. The van der Waals surface area contributed by atoms with Crippen molar-refractivity contribution in [1.82, 2.24) is 14.8 Å². The molecule has 4 nitrogen and oxygen atoms in total. The maximum atomic E-state index is 5.89. The number of nitrogens with two attached hydrogens (primary N) is 1. The largest absolute Gasteiger partial charge is 0.396 e. The molecule has 0 unspecified atom stereocenters. The van der Waals surface area contributed by atoms with Crippen LogP contribution < -0.4 is 5.73 Å². The van der Waals surface area contributed by atoms with Gasteiger partial charge in [-0.3, -0.25) is 0 Å². The number of aromatic nitrogens is 3. The summed E-state index contributed by atoms with van der Waals surface area (Å²) in [4.78, 5) is 4.31. The smallest absolute Gasteiger partial charge is 0.153 e. The van der Waals surface area contributed by atoms with Crippen LogP contribution in [0.1, 0.15) is 24.6 Å². The first-order valence-corrected chi connectivity index (χ1v) is 5.47. The predicted octanol–water partition coefficient (Wildman–Crippen LogP) is 2.53. The summed E-state index contributed by atoms with van der Waals surface area (Å²) in [6.45, 7) is 4.16. The van der Waals surface area contributed by atoms with Crippen LogP contribution in [-0.4, -0.2) is 14.8 Å². The monoisotopic (exact) mass is 252 g/mol. The van der Waals surface area contributed by atoms with Gasteiger partial charge >= 0.3 is 0 Å². The van der Waals surface area contributed by atoms with Gasteiger partial charge in [0.05, 0.1) is 17.6 Å². The lowest BCUT2D eigenvalue weighted by Crippen LogP contribution is -2.05. The van der Waals surface area contributed by atoms with Gasteiger partial charge in [0.2, 0.25) is 0 Å². The Morgan fingerprint density at radius 1 is 1.41 bits per heavy atom. The third kappa shape index (κ3) is 2.77. The zero-order valence-corrected chi connectivity index (χ0v) is 10.9. The summed E-state index contributed by atoms with van der Waals surface area (Å²) in [6, 6.07) is 3.97. The molecule has 0 aliphatic rings. The van der Waals surface area contributed by atoms with Gasteiger partial charge in [0, 0.05) is 6.20 Å². The summed E-state index contributed by atoms with van der Waals surface area (Å²) in [5.74, 6) is 0.833. The minimum absolute atomic E-state index is 0. The molecular weight excluding hydrogens is 236 g/mol. The normalized spacial score (nSPS) is 10.0. The third-order valence-corrected chi connectivity index (χ3v) is 2.51. The molecule has 0 amide bonds.